The number of hydrogen-bond donors (Lipinski definition) is 0. The van der Waals surface area contributed by atoms with E-state index in [4.69, 9.17) is 4.52 Å². The van der Waals surface area contributed by atoms with Crippen molar-refractivity contribution >= 4 is 39.3 Å². The molecule has 0 aliphatic carbocycles. The summed E-state index contributed by atoms with van der Waals surface area (Å²) in [4.78, 5) is 14.7. The van der Waals surface area contributed by atoms with Crippen molar-refractivity contribution in [3.05, 3.63) is 44.7 Å². The van der Waals surface area contributed by atoms with E-state index in [9.17, 15) is 4.79 Å². The normalized spacial score (nSPS) is 13.9. The summed E-state index contributed by atoms with van der Waals surface area (Å²) in [5.41, 5.74) is 5.54. The molecule has 0 spiro atoms. The van der Waals surface area contributed by atoms with Gasteiger partial charge in [0, 0.05) is 28.0 Å². The Bertz CT molecular complexity index is 753. The van der Waals surface area contributed by atoms with Crippen molar-refractivity contribution in [2.45, 2.75) is 39.4 Å². The summed E-state index contributed by atoms with van der Waals surface area (Å²) in [6.45, 7) is 6.74. The van der Waals surface area contributed by atoms with E-state index in [-0.39, 0.29) is 5.91 Å². The number of benzene rings is 1. The number of hydrogen-bond acceptors (Lipinski definition) is 4. The van der Waals surface area contributed by atoms with E-state index in [1.807, 2.05) is 18.7 Å². The SMILES string of the molecule is Cc1cc(Br)cc2c1N(C(=O)CSCc1c(C)noc1C)CCC2. The lowest BCUT2D eigenvalue weighted by Crippen LogP contribution is -2.37. The number of halogens is 1. The first kappa shape index (κ1) is 17.5. The molecule has 2 heterocycles. The molecule has 3 rings (SSSR count). The minimum absolute atomic E-state index is 0.179. The second-order valence-electron chi connectivity index (χ2n) is 6.17. The van der Waals surface area contributed by atoms with Crippen LogP contribution >= 0.6 is 27.7 Å². The van der Waals surface area contributed by atoms with Gasteiger partial charge in [0.15, 0.2) is 0 Å². The van der Waals surface area contributed by atoms with Crippen LogP contribution in [0.2, 0.25) is 0 Å². The molecule has 0 saturated heterocycles. The minimum atomic E-state index is 0.179. The molecule has 1 aromatic carbocycles. The van der Waals surface area contributed by atoms with Gasteiger partial charge in [-0.2, -0.15) is 0 Å². The number of carbonyl (C=O) groups is 1. The number of amides is 1. The summed E-state index contributed by atoms with van der Waals surface area (Å²) >= 11 is 5.18. The topological polar surface area (TPSA) is 46.3 Å². The third-order valence-corrected chi connectivity index (χ3v) is 5.80. The first-order valence-corrected chi connectivity index (χ1v) is 10.0. The summed E-state index contributed by atoms with van der Waals surface area (Å²) in [7, 11) is 0. The molecule has 0 saturated carbocycles. The molecule has 1 aromatic heterocycles. The molecule has 1 aliphatic rings. The Morgan fingerprint density at radius 2 is 2.17 bits per heavy atom. The van der Waals surface area contributed by atoms with Crippen LogP contribution in [0.4, 0.5) is 5.69 Å². The number of thioether (sulfide) groups is 1. The van der Waals surface area contributed by atoms with Gasteiger partial charge in [0.1, 0.15) is 5.76 Å². The first-order valence-electron chi connectivity index (χ1n) is 8.06. The Balaban J connectivity index is 1.69. The quantitative estimate of drug-likeness (QED) is 0.742. The fourth-order valence-corrected chi connectivity index (χ4v) is 4.87. The molecular weight excluding hydrogens is 388 g/mol. The lowest BCUT2D eigenvalue weighted by molar-refractivity contribution is -0.116. The molecule has 0 unspecified atom stereocenters. The average Bonchev–Trinajstić information content (AvgIpc) is 2.85. The Hall–Kier alpha value is -1.27. The maximum absolute atomic E-state index is 12.8. The fourth-order valence-electron chi connectivity index (χ4n) is 3.20. The number of aryl methyl sites for hydroxylation is 4. The molecule has 0 N–H and O–H groups in total. The highest BCUT2D eigenvalue weighted by atomic mass is 79.9. The minimum Gasteiger partial charge on any atom is -0.361 e. The molecule has 1 amide bonds. The molecule has 4 nitrogen and oxygen atoms in total. The zero-order chi connectivity index (χ0) is 17.3. The van der Waals surface area contributed by atoms with Crippen LogP contribution in [0.15, 0.2) is 21.1 Å². The van der Waals surface area contributed by atoms with Crippen LogP contribution in [0.25, 0.3) is 0 Å². The third kappa shape index (κ3) is 3.54. The van der Waals surface area contributed by atoms with Crippen molar-refractivity contribution in [2.75, 3.05) is 17.2 Å². The van der Waals surface area contributed by atoms with Crippen LogP contribution < -0.4 is 4.90 Å². The van der Waals surface area contributed by atoms with Crippen molar-refractivity contribution in [2.24, 2.45) is 0 Å². The van der Waals surface area contributed by atoms with Crippen LogP contribution in [0.1, 0.15) is 34.6 Å². The van der Waals surface area contributed by atoms with Crippen molar-refractivity contribution in [1.29, 1.82) is 0 Å². The average molecular weight is 409 g/mol. The van der Waals surface area contributed by atoms with Gasteiger partial charge in [0.05, 0.1) is 11.4 Å². The van der Waals surface area contributed by atoms with Crippen molar-refractivity contribution in [1.82, 2.24) is 5.16 Å². The Labute approximate surface area is 155 Å². The van der Waals surface area contributed by atoms with Gasteiger partial charge in [-0.05, 0) is 56.9 Å². The number of rotatable bonds is 4. The van der Waals surface area contributed by atoms with Gasteiger partial charge in [-0.3, -0.25) is 4.79 Å². The van der Waals surface area contributed by atoms with E-state index in [0.717, 1.165) is 57.9 Å². The second-order valence-corrected chi connectivity index (χ2v) is 8.08. The van der Waals surface area contributed by atoms with Gasteiger partial charge in [-0.15, -0.1) is 11.8 Å². The van der Waals surface area contributed by atoms with E-state index < -0.39 is 0 Å². The van der Waals surface area contributed by atoms with Crippen LogP contribution in [0.5, 0.6) is 0 Å². The van der Waals surface area contributed by atoms with Crippen LogP contribution in [-0.2, 0) is 17.0 Å². The largest absolute Gasteiger partial charge is 0.361 e. The van der Waals surface area contributed by atoms with Gasteiger partial charge < -0.3 is 9.42 Å². The van der Waals surface area contributed by atoms with Gasteiger partial charge >= 0.3 is 0 Å². The Morgan fingerprint density at radius 3 is 2.88 bits per heavy atom. The zero-order valence-electron chi connectivity index (χ0n) is 14.2. The number of anilines is 1. The molecule has 1 aliphatic heterocycles. The van der Waals surface area contributed by atoms with Gasteiger partial charge in [-0.25, -0.2) is 0 Å². The maximum Gasteiger partial charge on any atom is 0.237 e. The van der Waals surface area contributed by atoms with E-state index >= 15 is 0 Å². The summed E-state index contributed by atoms with van der Waals surface area (Å²) in [5, 5.41) is 3.97. The molecule has 0 radical (unpaired) electrons. The highest BCUT2D eigenvalue weighted by Gasteiger charge is 2.24. The number of nitrogens with zero attached hydrogens (tertiary/aromatic N) is 2. The molecule has 6 heteroatoms. The summed E-state index contributed by atoms with van der Waals surface area (Å²) in [5.74, 6) is 2.25. The monoisotopic (exact) mass is 408 g/mol. The molecule has 24 heavy (non-hydrogen) atoms. The molecular formula is C18H21BrN2O2S. The molecule has 128 valence electrons. The van der Waals surface area contributed by atoms with E-state index in [1.165, 1.54) is 5.56 Å². The zero-order valence-corrected chi connectivity index (χ0v) is 16.6. The number of carbonyl (C=O) groups excluding carboxylic acids is 1. The number of aromatic nitrogens is 1. The number of fused-ring (bicyclic) bond motifs is 1. The van der Waals surface area contributed by atoms with Crippen LogP contribution in [-0.4, -0.2) is 23.4 Å². The highest BCUT2D eigenvalue weighted by molar-refractivity contribution is 9.10. The van der Waals surface area contributed by atoms with Gasteiger partial charge in [-0.1, -0.05) is 21.1 Å². The van der Waals surface area contributed by atoms with E-state index in [0.29, 0.717) is 5.75 Å². The maximum atomic E-state index is 12.8. The third-order valence-electron chi connectivity index (χ3n) is 4.40. The second kappa shape index (κ2) is 7.31. The smallest absolute Gasteiger partial charge is 0.237 e. The van der Waals surface area contributed by atoms with Crippen LogP contribution in [0, 0.1) is 20.8 Å². The van der Waals surface area contributed by atoms with E-state index in [2.05, 4.69) is 40.1 Å². The fraction of sp³-hybridized carbons (Fsp3) is 0.444. The summed E-state index contributed by atoms with van der Waals surface area (Å²) in [6, 6.07) is 4.22. The van der Waals surface area contributed by atoms with Gasteiger partial charge in [0.2, 0.25) is 5.91 Å². The highest BCUT2D eigenvalue weighted by Crippen LogP contribution is 2.34. The van der Waals surface area contributed by atoms with Crippen molar-refractivity contribution in [3.63, 3.8) is 0 Å². The predicted molar refractivity (Wildman–Crippen MR) is 102 cm³/mol. The standard InChI is InChI=1S/C18H21BrN2O2S/c1-11-7-15(19)8-14-5-4-6-21(18(11)14)17(22)10-24-9-16-12(2)20-23-13(16)3/h7-8H,4-6,9-10H2,1-3H3. The first-order chi connectivity index (χ1) is 11.5. The predicted octanol–water partition coefficient (Wildman–Crippen LogP) is 4.57. The Morgan fingerprint density at radius 1 is 1.38 bits per heavy atom. The van der Waals surface area contributed by atoms with Crippen molar-refractivity contribution < 1.29 is 9.32 Å². The molecule has 0 atom stereocenters. The summed E-state index contributed by atoms with van der Waals surface area (Å²) < 4.78 is 6.26. The van der Waals surface area contributed by atoms with E-state index in [1.54, 1.807) is 11.8 Å². The lowest BCUT2D eigenvalue weighted by atomic mass is 9.98. The summed E-state index contributed by atoms with van der Waals surface area (Å²) in [6.07, 6.45) is 2.05. The Kier molecular flexibility index (Phi) is 5.35. The molecule has 2 aromatic rings. The lowest BCUT2D eigenvalue weighted by Gasteiger charge is -2.31. The van der Waals surface area contributed by atoms with Crippen molar-refractivity contribution in [3.8, 4) is 0 Å². The van der Waals surface area contributed by atoms with Crippen LogP contribution in [0.3, 0.4) is 0 Å². The van der Waals surface area contributed by atoms with Gasteiger partial charge in [0.25, 0.3) is 0 Å². The molecule has 0 bridgehead atoms. The molecule has 0 fully saturated rings.